The zero-order valence-electron chi connectivity index (χ0n) is 19.8. The van der Waals surface area contributed by atoms with Crippen molar-refractivity contribution < 1.29 is 19.4 Å². The van der Waals surface area contributed by atoms with E-state index >= 15 is 0 Å². The fourth-order valence-electron chi connectivity index (χ4n) is 4.99. The molecule has 2 aromatic carbocycles. The van der Waals surface area contributed by atoms with Crippen LogP contribution in [-0.4, -0.2) is 10.9 Å². The predicted octanol–water partition coefficient (Wildman–Crippen LogP) is 5.98. The summed E-state index contributed by atoms with van der Waals surface area (Å²) in [6, 6.07) is 14.3. The Balaban J connectivity index is 0.000000155. The smallest absolute Gasteiger partial charge is 0.268 e. The topological polar surface area (TPSA) is 91.2 Å². The van der Waals surface area contributed by atoms with Crippen LogP contribution in [0.15, 0.2) is 69.9 Å². The second-order valence-corrected chi connectivity index (χ2v) is 11.8. The van der Waals surface area contributed by atoms with Crippen LogP contribution in [-0.2, 0) is 25.7 Å². The Morgan fingerprint density at radius 2 is 1.32 bits per heavy atom. The molecular formula is C28H20Br2Cl2N2O4. The lowest BCUT2D eigenvalue weighted by molar-refractivity contribution is -0.618. The van der Waals surface area contributed by atoms with E-state index in [1.165, 1.54) is 12.4 Å². The number of fused-ring (bicyclic) bond motifs is 4. The van der Waals surface area contributed by atoms with E-state index in [1.807, 2.05) is 18.2 Å². The molecule has 0 spiro atoms. The van der Waals surface area contributed by atoms with Crippen molar-refractivity contribution in [3.8, 4) is 0 Å². The molecule has 1 N–H and O–H groups in total. The summed E-state index contributed by atoms with van der Waals surface area (Å²) in [5.41, 5.74) is 5.46. The van der Waals surface area contributed by atoms with Gasteiger partial charge in [-0.15, -0.1) is 0 Å². The van der Waals surface area contributed by atoms with Gasteiger partial charge in [0.2, 0.25) is 5.69 Å². The molecule has 2 heterocycles. The van der Waals surface area contributed by atoms with Crippen molar-refractivity contribution in [1.82, 2.24) is 0 Å². The largest absolute Gasteiger partial charge is 0.618 e. The number of aliphatic hydroxyl groups excluding tert-OH is 1. The number of benzene rings is 2. The number of pyridine rings is 2. The lowest BCUT2D eigenvalue weighted by atomic mass is 10.0. The number of hydrogen-bond acceptors (Lipinski definition) is 4. The van der Waals surface area contributed by atoms with Crippen LogP contribution in [0.5, 0.6) is 0 Å². The monoisotopic (exact) mass is 676 g/mol. The second kappa shape index (κ2) is 10.9. The number of aromatic nitrogens is 2. The summed E-state index contributed by atoms with van der Waals surface area (Å²) in [7, 11) is 0. The zero-order chi connectivity index (χ0) is 27.1. The molecule has 4 aromatic rings. The van der Waals surface area contributed by atoms with Gasteiger partial charge in [-0.2, -0.15) is 9.46 Å². The average molecular weight is 679 g/mol. The second-order valence-electron chi connectivity index (χ2n) is 9.13. The maximum atomic E-state index is 12.5. The zero-order valence-corrected chi connectivity index (χ0v) is 24.4. The Morgan fingerprint density at radius 3 is 2.05 bits per heavy atom. The molecule has 0 radical (unpaired) electrons. The summed E-state index contributed by atoms with van der Waals surface area (Å²) in [5.74, 6) is -0.235. The van der Waals surface area contributed by atoms with Crippen LogP contribution < -0.4 is 9.46 Å². The Morgan fingerprint density at radius 1 is 0.763 bits per heavy atom. The van der Waals surface area contributed by atoms with Gasteiger partial charge < -0.3 is 15.5 Å². The summed E-state index contributed by atoms with van der Waals surface area (Å²) < 4.78 is 2.79. The molecule has 2 aromatic heterocycles. The Hall–Kier alpha value is -2.49. The van der Waals surface area contributed by atoms with E-state index in [4.69, 9.17) is 23.2 Å². The van der Waals surface area contributed by atoms with Gasteiger partial charge in [-0.3, -0.25) is 4.79 Å². The maximum absolute atomic E-state index is 12.5. The molecule has 0 bridgehead atoms. The fraction of sp³-hybridized carbons (Fsp3) is 0.179. The molecule has 0 fully saturated rings. The minimum Gasteiger partial charge on any atom is -0.618 e. The van der Waals surface area contributed by atoms with Crippen LogP contribution in [0.1, 0.15) is 55.7 Å². The normalized spacial score (nSPS) is 15.6. The molecule has 2 aliphatic rings. The van der Waals surface area contributed by atoms with Gasteiger partial charge in [-0.1, -0.05) is 29.3 Å². The molecule has 6 nitrogen and oxygen atoms in total. The number of rotatable bonds is 0. The van der Waals surface area contributed by atoms with E-state index in [2.05, 4.69) is 31.9 Å². The van der Waals surface area contributed by atoms with E-state index in [0.29, 0.717) is 49.8 Å². The number of aryl methyl sites for hydroxylation is 4. The molecule has 0 saturated carbocycles. The minimum absolute atomic E-state index is 0.212. The number of carbonyl (C=O) groups excluding carboxylic acids is 1. The SMILES string of the molecule is O=C1c2ccc(Cl)cc2CCc2cc(Br)c[n+]([O-])c21.[O-][n+]1cc(Br)cc2c1C(O)c1ccc(Cl)cc1CC2. The number of hydrogen-bond donors (Lipinski definition) is 1. The van der Waals surface area contributed by atoms with E-state index in [-0.39, 0.29) is 11.5 Å². The Kier molecular flexibility index (Phi) is 7.80. The highest BCUT2D eigenvalue weighted by Gasteiger charge is 2.30. The molecule has 1 atom stereocenters. The third-order valence-corrected chi connectivity index (χ3v) is 8.05. The van der Waals surface area contributed by atoms with Crippen LogP contribution in [0, 0.1) is 10.4 Å². The van der Waals surface area contributed by atoms with Crippen molar-refractivity contribution in [2.45, 2.75) is 31.8 Å². The van der Waals surface area contributed by atoms with Crippen LogP contribution in [0.2, 0.25) is 10.0 Å². The maximum Gasteiger partial charge on any atom is 0.268 e. The molecule has 10 heteroatoms. The van der Waals surface area contributed by atoms with Gasteiger partial charge in [0.25, 0.3) is 11.5 Å². The van der Waals surface area contributed by atoms with Crippen LogP contribution >= 0.6 is 55.1 Å². The van der Waals surface area contributed by atoms with Gasteiger partial charge in [0.1, 0.15) is 0 Å². The molecule has 194 valence electrons. The summed E-state index contributed by atoms with van der Waals surface area (Å²) in [4.78, 5) is 12.5. The number of aliphatic hydroxyl groups is 1. The van der Waals surface area contributed by atoms with Gasteiger partial charge in [0, 0.05) is 26.7 Å². The predicted molar refractivity (Wildman–Crippen MR) is 151 cm³/mol. The van der Waals surface area contributed by atoms with E-state index < -0.39 is 6.10 Å². The lowest BCUT2D eigenvalue weighted by Gasteiger charge is -2.14. The van der Waals surface area contributed by atoms with Crippen LogP contribution in [0.25, 0.3) is 0 Å². The number of halogens is 4. The van der Waals surface area contributed by atoms with Gasteiger partial charge in [-0.05, 0) is 117 Å². The van der Waals surface area contributed by atoms with Crippen molar-refractivity contribution in [2.24, 2.45) is 0 Å². The first kappa shape index (κ1) is 27.1. The lowest BCUT2D eigenvalue weighted by Crippen LogP contribution is -2.36. The molecule has 0 aliphatic heterocycles. The van der Waals surface area contributed by atoms with E-state index in [1.54, 1.807) is 30.3 Å². The summed E-state index contributed by atoms with van der Waals surface area (Å²) >= 11 is 18.5. The fourth-order valence-corrected chi connectivity index (χ4v) is 6.30. The number of carbonyl (C=O) groups is 1. The number of nitrogens with zero attached hydrogens (tertiary/aromatic N) is 2. The first-order valence-electron chi connectivity index (χ1n) is 11.7. The van der Waals surface area contributed by atoms with Crippen molar-refractivity contribution >= 4 is 60.8 Å². The first-order valence-corrected chi connectivity index (χ1v) is 14.1. The van der Waals surface area contributed by atoms with Crippen molar-refractivity contribution in [1.29, 1.82) is 0 Å². The molecular weight excluding hydrogens is 659 g/mol. The molecule has 1 unspecified atom stereocenters. The molecule has 38 heavy (non-hydrogen) atoms. The van der Waals surface area contributed by atoms with Crippen molar-refractivity contribution in [3.63, 3.8) is 0 Å². The van der Waals surface area contributed by atoms with Crippen molar-refractivity contribution in [2.75, 3.05) is 0 Å². The number of ketones is 1. The Labute approximate surface area is 245 Å². The van der Waals surface area contributed by atoms with Crippen molar-refractivity contribution in [3.05, 3.63) is 135 Å². The molecule has 6 rings (SSSR count). The first-order chi connectivity index (χ1) is 18.1. The molecule has 0 saturated heterocycles. The van der Waals surface area contributed by atoms with Gasteiger partial charge in [-0.25, -0.2) is 0 Å². The third kappa shape index (κ3) is 5.33. The summed E-state index contributed by atoms with van der Waals surface area (Å²) in [5, 5.41) is 35.7. The minimum atomic E-state index is -0.907. The highest BCUT2D eigenvalue weighted by Crippen LogP contribution is 2.33. The third-order valence-electron chi connectivity index (χ3n) is 6.71. The molecule has 2 aliphatic carbocycles. The van der Waals surface area contributed by atoms with Crippen LogP contribution in [0.4, 0.5) is 0 Å². The Bertz CT molecular complexity index is 1600. The standard InChI is InChI=1S/C14H11BrClNO2.C14H9BrClNO2/c2*15-10-5-9-2-1-8-6-11(16)3-4-12(8)14(18)13(9)17(19)7-10/h3-7,14,18H,1-2H2;3-7H,1-2H2. The highest BCUT2D eigenvalue weighted by molar-refractivity contribution is 9.10. The van der Waals surface area contributed by atoms with Gasteiger partial charge in [0.05, 0.1) is 8.95 Å². The highest BCUT2D eigenvalue weighted by atomic mass is 79.9. The van der Waals surface area contributed by atoms with E-state index in [9.17, 15) is 20.3 Å². The van der Waals surface area contributed by atoms with Gasteiger partial charge in [0.15, 0.2) is 18.5 Å². The van der Waals surface area contributed by atoms with Crippen LogP contribution in [0.3, 0.4) is 0 Å². The summed E-state index contributed by atoms with van der Waals surface area (Å²) in [6.07, 6.45) is 4.69. The van der Waals surface area contributed by atoms with E-state index in [0.717, 1.165) is 43.4 Å². The van der Waals surface area contributed by atoms with Gasteiger partial charge >= 0.3 is 0 Å². The average Bonchev–Trinajstić information content (AvgIpc) is 3.07. The summed E-state index contributed by atoms with van der Waals surface area (Å²) in [6.45, 7) is 0. The quantitative estimate of drug-likeness (QED) is 0.183. The molecule has 0 amide bonds.